The minimum absolute atomic E-state index is 0.0230. The van der Waals surface area contributed by atoms with Crippen molar-refractivity contribution in [2.24, 2.45) is 0 Å². The molecule has 3 nitrogen and oxygen atoms in total. The first kappa shape index (κ1) is 78.3. The molecule has 0 aliphatic heterocycles. The highest BCUT2D eigenvalue weighted by atomic mass is 16.3. The Morgan fingerprint density at radius 3 is 0.667 bits per heavy atom. The second-order valence-corrected chi connectivity index (χ2v) is 38.0. The quantitative estimate of drug-likeness (QED) is 0.149. The molecule has 25 rings (SSSR count). The van der Waals surface area contributed by atoms with Crippen LogP contribution in [0.25, 0.3) is 241 Å². The van der Waals surface area contributed by atoms with E-state index in [2.05, 4.69) is 469 Å². The number of fused-ring (bicyclic) bond motifs is 21. The molecule has 0 spiro atoms. The molecule has 0 radical (unpaired) electrons. The maximum absolute atomic E-state index is 6.53. The van der Waals surface area contributed by atoms with Gasteiger partial charge < -0.3 is 13.3 Å². The zero-order valence-corrected chi connectivity index (χ0v) is 73.9. The van der Waals surface area contributed by atoms with Crippen LogP contribution >= 0.6 is 0 Å². The van der Waals surface area contributed by atoms with E-state index < -0.39 is 0 Å². The van der Waals surface area contributed by atoms with Crippen LogP contribution in [0.15, 0.2) is 420 Å². The predicted octanol–water partition coefficient (Wildman–Crippen LogP) is 36.7. The van der Waals surface area contributed by atoms with Gasteiger partial charge in [0.2, 0.25) is 0 Å². The highest BCUT2D eigenvalue weighted by molar-refractivity contribution is 6.28. The fourth-order valence-corrected chi connectivity index (χ4v) is 20.5. The average molecular weight is 1660 g/mol. The summed E-state index contributed by atoms with van der Waals surface area (Å²) in [7, 11) is 0. The molecular weight excluding hydrogens is 1560 g/mol. The summed E-state index contributed by atoms with van der Waals surface area (Å²) < 4.78 is 19.5. The Morgan fingerprint density at radius 2 is 0.357 bits per heavy atom. The standard InChI is InChI=1S/C44H38O.C42H26O.C40H30O/c1-43(2,3)30-19-22-34-37(25-30)40(28-13-8-7-9-14-28)33-21-18-31(44(4,5)6)26-38(33)41(34)29-17-23-39-36(24-29)35-20-16-27-12-10-11-15-32(27)42(35)45-39;1-3-11-27(12-4-1)30-20-22-35-38(25-30)40(29-14-5-2-6-15-29)33-17-9-10-18-34(33)41(35)31-21-24-39-37(26-31)36-23-19-28-13-7-8-16-32(28)42(36)43-39;1-40(2,3)28-19-21-32-35(24-28)38(31-16-10-9-15-30(31)37(32)26-12-5-4-6-13-26)27-18-22-36-34(23-27)33-20-17-25-11-7-8-14-29(25)39(33)41-36/h7-26H,1-6H3;1-26H;4-24H,1-3H3. The van der Waals surface area contributed by atoms with Gasteiger partial charge in [-0.1, -0.05) is 390 Å². The fourth-order valence-electron chi connectivity index (χ4n) is 20.5. The van der Waals surface area contributed by atoms with Gasteiger partial charge in [0.05, 0.1) is 0 Å². The Labute approximate surface area is 750 Å². The number of hydrogen-bond acceptors (Lipinski definition) is 3. The van der Waals surface area contributed by atoms with E-state index in [1.807, 2.05) is 0 Å². The summed E-state index contributed by atoms with van der Waals surface area (Å²) >= 11 is 0. The SMILES string of the molecule is CC(C)(C)c1ccc2c(-c3ccc4oc5c6ccccc6ccc5c4c3)c3cc(C(C)(C)C)ccc3c(-c3ccccc3)c2c1.CC(C)(C)c1ccc2c(-c3ccccc3)c3ccccc3c(-c3ccc4oc5c6ccccc6ccc5c4c3)c2c1.c1ccc(-c2ccc3c(-c4ccc5oc6c7ccccc7ccc6c5c4)c4ccccc4c(-c4ccccc4)c3c2)cc1. The largest absolute Gasteiger partial charge is 0.455 e. The molecule has 0 unspecified atom stereocenters. The third kappa shape index (κ3) is 13.5. The van der Waals surface area contributed by atoms with Crippen LogP contribution in [0.3, 0.4) is 0 Å². The number of benzene rings is 22. The Kier molecular flexibility index (Phi) is 18.7. The summed E-state index contributed by atoms with van der Waals surface area (Å²) in [5.41, 5.74) is 27.2. The molecule has 0 N–H and O–H groups in total. The zero-order chi connectivity index (χ0) is 87.1. The lowest BCUT2D eigenvalue weighted by Crippen LogP contribution is -2.11. The lowest BCUT2D eigenvalue weighted by Gasteiger charge is -2.25. The maximum atomic E-state index is 6.53. The molecule has 22 aromatic carbocycles. The normalized spacial score (nSPS) is 12.2. The zero-order valence-electron chi connectivity index (χ0n) is 73.9. The first-order valence-electron chi connectivity index (χ1n) is 45.2. The van der Waals surface area contributed by atoms with E-state index in [1.165, 1.54) is 175 Å². The Morgan fingerprint density at radius 1 is 0.140 bits per heavy atom. The Hall–Kier alpha value is -15.4. The van der Waals surface area contributed by atoms with Gasteiger partial charge in [0.25, 0.3) is 0 Å². The van der Waals surface area contributed by atoms with E-state index >= 15 is 0 Å². The number of rotatable bonds is 7. The Bertz CT molecular complexity index is 8820. The third-order valence-electron chi connectivity index (χ3n) is 27.0. The summed E-state index contributed by atoms with van der Waals surface area (Å²) in [4.78, 5) is 0. The molecule has 616 valence electrons. The van der Waals surface area contributed by atoms with Gasteiger partial charge in [-0.05, 0) is 270 Å². The van der Waals surface area contributed by atoms with Crippen molar-refractivity contribution >= 4 is 163 Å². The molecule has 0 fully saturated rings. The molecule has 25 aromatic rings. The Balaban J connectivity index is 0.000000111. The third-order valence-corrected chi connectivity index (χ3v) is 27.0. The first-order valence-corrected chi connectivity index (χ1v) is 45.2. The van der Waals surface area contributed by atoms with E-state index in [0.717, 1.165) is 82.0 Å². The van der Waals surface area contributed by atoms with Gasteiger partial charge in [-0.15, -0.1) is 0 Å². The van der Waals surface area contributed by atoms with Gasteiger partial charge in [0.1, 0.15) is 33.5 Å². The van der Waals surface area contributed by atoms with Crippen molar-refractivity contribution < 1.29 is 13.3 Å². The van der Waals surface area contributed by atoms with Crippen LogP contribution in [0.4, 0.5) is 0 Å². The maximum Gasteiger partial charge on any atom is 0.143 e. The van der Waals surface area contributed by atoms with Crippen LogP contribution < -0.4 is 0 Å². The monoisotopic (exact) mass is 1650 g/mol. The van der Waals surface area contributed by atoms with Crippen molar-refractivity contribution in [2.45, 2.75) is 78.6 Å². The smallest absolute Gasteiger partial charge is 0.143 e. The van der Waals surface area contributed by atoms with Gasteiger partial charge in [-0.3, -0.25) is 0 Å². The van der Waals surface area contributed by atoms with Crippen molar-refractivity contribution in [1.29, 1.82) is 0 Å². The summed E-state index contributed by atoms with van der Waals surface area (Å²) in [5.74, 6) is 0. The summed E-state index contributed by atoms with van der Waals surface area (Å²) in [5, 5.41) is 29.2. The van der Waals surface area contributed by atoms with Gasteiger partial charge in [0.15, 0.2) is 0 Å². The van der Waals surface area contributed by atoms with Crippen molar-refractivity contribution in [1.82, 2.24) is 0 Å². The lowest BCUT2D eigenvalue weighted by molar-refractivity contribution is 0.590. The molecule has 3 heterocycles. The molecular formula is C126H94O3. The summed E-state index contributed by atoms with van der Waals surface area (Å²) in [6.45, 7) is 20.7. The second-order valence-electron chi connectivity index (χ2n) is 38.0. The minimum Gasteiger partial charge on any atom is -0.455 e. The van der Waals surface area contributed by atoms with Crippen LogP contribution in [-0.2, 0) is 16.2 Å². The van der Waals surface area contributed by atoms with Gasteiger partial charge in [0, 0.05) is 48.5 Å². The van der Waals surface area contributed by atoms with Crippen molar-refractivity contribution in [2.75, 3.05) is 0 Å². The van der Waals surface area contributed by atoms with Crippen LogP contribution in [-0.4, -0.2) is 0 Å². The van der Waals surface area contributed by atoms with E-state index in [-0.39, 0.29) is 16.2 Å². The molecule has 0 bridgehead atoms. The number of furan rings is 3. The van der Waals surface area contributed by atoms with E-state index in [1.54, 1.807) is 0 Å². The summed E-state index contributed by atoms with van der Waals surface area (Å²) in [6, 6.07) is 148. The molecule has 0 aliphatic rings. The van der Waals surface area contributed by atoms with Crippen molar-refractivity contribution in [3.8, 4) is 77.9 Å². The van der Waals surface area contributed by atoms with Gasteiger partial charge >= 0.3 is 0 Å². The van der Waals surface area contributed by atoms with Crippen LogP contribution in [0.2, 0.25) is 0 Å². The second kappa shape index (κ2) is 30.7. The average Bonchev–Trinajstić information content (AvgIpc) is 1.62. The molecule has 0 saturated carbocycles. The molecule has 3 aromatic heterocycles. The van der Waals surface area contributed by atoms with E-state index in [4.69, 9.17) is 13.3 Å². The molecule has 3 heteroatoms. The van der Waals surface area contributed by atoms with Crippen LogP contribution in [0.5, 0.6) is 0 Å². The molecule has 0 amide bonds. The fraction of sp³-hybridized carbons (Fsp3) is 0.0952. The van der Waals surface area contributed by atoms with Crippen molar-refractivity contribution in [3.63, 3.8) is 0 Å². The first-order chi connectivity index (χ1) is 62.9. The predicted molar refractivity (Wildman–Crippen MR) is 553 cm³/mol. The van der Waals surface area contributed by atoms with E-state index in [0.29, 0.717) is 0 Å². The van der Waals surface area contributed by atoms with Crippen molar-refractivity contribution in [3.05, 3.63) is 423 Å². The highest BCUT2D eigenvalue weighted by Gasteiger charge is 2.28. The molecule has 0 saturated heterocycles. The lowest BCUT2D eigenvalue weighted by atomic mass is 9.79. The highest BCUT2D eigenvalue weighted by Crippen LogP contribution is 2.52. The van der Waals surface area contributed by atoms with Gasteiger partial charge in [-0.2, -0.15) is 0 Å². The molecule has 129 heavy (non-hydrogen) atoms. The van der Waals surface area contributed by atoms with Crippen LogP contribution in [0, 0.1) is 0 Å². The van der Waals surface area contributed by atoms with E-state index in [9.17, 15) is 0 Å². The molecule has 0 aliphatic carbocycles. The minimum atomic E-state index is 0.0230. The van der Waals surface area contributed by atoms with Crippen LogP contribution in [0.1, 0.15) is 79.0 Å². The summed E-state index contributed by atoms with van der Waals surface area (Å²) in [6.07, 6.45) is 0. The topological polar surface area (TPSA) is 39.4 Å². The molecule has 0 atom stereocenters. The number of hydrogen-bond donors (Lipinski definition) is 0. The van der Waals surface area contributed by atoms with Gasteiger partial charge in [-0.25, -0.2) is 0 Å².